The zero-order valence-electron chi connectivity index (χ0n) is 10.5. The van der Waals surface area contributed by atoms with Crippen molar-refractivity contribution in [3.8, 4) is 0 Å². The van der Waals surface area contributed by atoms with E-state index in [1.54, 1.807) is 0 Å². The average molecular weight is 274 g/mol. The first-order valence-electron chi connectivity index (χ1n) is 5.77. The van der Waals surface area contributed by atoms with E-state index < -0.39 is 15.6 Å². The van der Waals surface area contributed by atoms with Gasteiger partial charge < -0.3 is 14.8 Å². The molecule has 0 atom stereocenters. The number of aromatic nitrogens is 1. The van der Waals surface area contributed by atoms with Crippen LogP contribution in [0.4, 0.5) is 0 Å². The van der Waals surface area contributed by atoms with E-state index >= 15 is 0 Å². The van der Waals surface area contributed by atoms with Crippen molar-refractivity contribution >= 4 is 10.0 Å². The molecule has 1 fully saturated rings. The first-order valence-corrected chi connectivity index (χ1v) is 7.21. The Kier molecular flexibility index (Phi) is 3.50. The number of morpholine rings is 1. The minimum Gasteiger partial charge on any atom is -0.390 e. The highest BCUT2D eigenvalue weighted by atomic mass is 32.2. The second-order valence-electron chi connectivity index (χ2n) is 4.96. The summed E-state index contributed by atoms with van der Waals surface area (Å²) < 4.78 is 31.8. The maximum absolute atomic E-state index is 12.5. The summed E-state index contributed by atoms with van der Waals surface area (Å²) in [5, 5.41) is 8.97. The fourth-order valence-electron chi connectivity index (χ4n) is 2.08. The maximum atomic E-state index is 12.5. The van der Waals surface area contributed by atoms with Crippen LogP contribution in [0.15, 0.2) is 17.2 Å². The van der Waals surface area contributed by atoms with Crippen LogP contribution in [-0.2, 0) is 21.4 Å². The van der Waals surface area contributed by atoms with Gasteiger partial charge in [0, 0.05) is 18.4 Å². The number of H-pyrrole nitrogens is 1. The molecule has 0 bridgehead atoms. The summed E-state index contributed by atoms with van der Waals surface area (Å²) in [5.41, 5.74) is -0.0760. The van der Waals surface area contributed by atoms with E-state index in [1.165, 1.54) is 16.6 Å². The molecule has 0 aliphatic carbocycles. The van der Waals surface area contributed by atoms with Gasteiger partial charge in [0.2, 0.25) is 10.0 Å². The third-order valence-corrected chi connectivity index (χ3v) is 5.13. The van der Waals surface area contributed by atoms with Gasteiger partial charge in [-0.2, -0.15) is 4.31 Å². The molecule has 6 nitrogen and oxygen atoms in total. The lowest BCUT2D eigenvalue weighted by molar-refractivity contribution is -0.00770. The van der Waals surface area contributed by atoms with Gasteiger partial charge in [-0.15, -0.1) is 0 Å². The molecule has 1 aromatic heterocycles. The van der Waals surface area contributed by atoms with Gasteiger partial charge in [0.25, 0.3) is 0 Å². The van der Waals surface area contributed by atoms with Gasteiger partial charge >= 0.3 is 0 Å². The van der Waals surface area contributed by atoms with Gasteiger partial charge in [0.05, 0.1) is 30.3 Å². The standard InChI is InChI=1S/C11H18N2O4S/c1-11(2)8-17-4-3-13(11)18(15,16)10-5-9(7-14)12-6-10/h5-6,12,14H,3-4,7-8H2,1-2H3. The Hall–Kier alpha value is -0.890. The number of aliphatic hydroxyl groups excluding tert-OH is 1. The van der Waals surface area contributed by atoms with Gasteiger partial charge in [-0.1, -0.05) is 0 Å². The van der Waals surface area contributed by atoms with Gasteiger partial charge in [-0.05, 0) is 19.9 Å². The minimum absolute atomic E-state index is 0.182. The summed E-state index contributed by atoms with van der Waals surface area (Å²) in [7, 11) is -3.55. The molecular formula is C11H18N2O4S. The first-order chi connectivity index (χ1) is 8.38. The van der Waals surface area contributed by atoms with Crippen molar-refractivity contribution in [3.05, 3.63) is 18.0 Å². The number of hydrogen-bond donors (Lipinski definition) is 2. The van der Waals surface area contributed by atoms with Crippen molar-refractivity contribution in [1.82, 2.24) is 9.29 Å². The van der Waals surface area contributed by atoms with Crippen molar-refractivity contribution in [2.24, 2.45) is 0 Å². The molecule has 1 aromatic rings. The van der Waals surface area contributed by atoms with Crippen LogP contribution < -0.4 is 0 Å². The van der Waals surface area contributed by atoms with Crippen LogP contribution in [0.25, 0.3) is 0 Å². The fourth-order valence-corrected chi connectivity index (χ4v) is 3.85. The molecule has 1 saturated heterocycles. The largest absolute Gasteiger partial charge is 0.390 e. The summed E-state index contributed by atoms with van der Waals surface area (Å²) in [6.45, 7) is 4.59. The van der Waals surface area contributed by atoms with E-state index in [4.69, 9.17) is 9.84 Å². The highest BCUT2D eigenvalue weighted by Crippen LogP contribution is 2.27. The zero-order valence-corrected chi connectivity index (χ0v) is 11.3. The second-order valence-corrected chi connectivity index (χ2v) is 6.82. The lowest BCUT2D eigenvalue weighted by Crippen LogP contribution is -2.55. The molecule has 0 spiro atoms. The van der Waals surface area contributed by atoms with Gasteiger partial charge in [0.15, 0.2) is 0 Å². The van der Waals surface area contributed by atoms with Crippen LogP contribution in [0, 0.1) is 0 Å². The van der Waals surface area contributed by atoms with Gasteiger partial charge in [-0.25, -0.2) is 8.42 Å². The predicted octanol–water partition coefficient (Wildman–Crippen LogP) is 0.307. The quantitative estimate of drug-likeness (QED) is 0.831. The molecule has 102 valence electrons. The van der Waals surface area contributed by atoms with Crippen molar-refractivity contribution in [2.45, 2.75) is 30.9 Å². The zero-order chi connectivity index (χ0) is 13.4. The molecule has 0 saturated carbocycles. The predicted molar refractivity (Wildman–Crippen MR) is 65.5 cm³/mol. The number of nitrogens with one attached hydrogen (secondary N) is 1. The molecule has 0 aromatic carbocycles. The number of aliphatic hydroxyl groups is 1. The Bertz CT molecular complexity index is 521. The minimum atomic E-state index is -3.55. The third kappa shape index (κ3) is 2.31. The topological polar surface area (TPSA) is 82.6 Å². The van der Waals surface area contributed by atoms with Crippen LogP contribution in [0.1, 0.15) is 19.5 Å². The Morgan fingerprint density at radius 1 is 1.56 bits per heavy atom. The Labute approximate surface area is 107 Å². The lowest BCUT2D eigenvalue weighted by Gasteiger charge is -2.40. The molecule has 1 aliphatic rings. The monoisotopic (exact) mass is 274 g/mol. The summed E-state index contributed by atoms with van der Waals surface area (Å²) in [5.74, 6) is 0. The Balaban J connectivity index is 2.35. The van der Waals surface area contributed by atoms with Crippen LogP contribution in [0.3, 0.4) is 0 Å². The first kappa shape index (κ1) is 13.5. The number of aromatic amines is 1. The SMILES string of the molecule is CC1(C)COCCN1S(=O)(=O)c1c[nH]c(CO)c1. The molecule has 2 N–H and O–H groups in total. The molecular weight excluding hydrogens is 256 g/mol. The molecule has 0 amide bonds. The van der Waals surface area contributed by atoms with Crippen molar-refractivity contribution in [3.63, 3.8) is 0 Å². The Morgan fingerprint density at radius 3 is 2.83 bits per heavy atom. The molecule has 0 radical (unpaired) electrons. The average Bonchev–Trinajstić information content (AvgIpc) is 2.77. The number of sulfonamides is 1. The van der Waals surface area contributed by atoms with Crippen LogP contribution in [-0.4, -0.2) is 48.1 Å². The Morgan fingerprint density at radius 2 is 2.28 bits per heavy atom. The number of nitrogens with zero attached hydrogens (tertiary/aromatic N) is 1. The van der Waals surface area contributed by atoms with E-state index in [0.29, 0.717) is 25.5 Å². The van der Waals surface area contributed by atoms with Crippen LogP contribution in [0.5, 0.6) is 0 Å². The fraction of sp³-hybridized carbons (Fsp3) is 0.636. The number of ether oxygens (including phenoxy) is 1. The molecule has 18 heavy (non-hydrogen) atoms. The lowest BCUT2D eigenvalue weighted by atomic mass is 10.1. The molecule has 1 aliphatic heterocycles. The third-order valence-electron chi connectivity index (χ3n) is 3.04. The van der Waals surface area contributed by atoms with E-state index in [-0.39, 0.29) is 11.5 Å². The van der Waals surface area contributed by atoms with E-state index in [1.807, 2.05) is 13.8 Å². The summed E-state index contributed by atoms with van der Waals surface area (Å²) in [6, 6.07) is 1.46. The number of hydrogen-bond acceptors (Lipinski definition) is 4. The van der Waals surface area contributed by atoms with Crippen LogP contribution in [0.2, 0.25) is 0 Å². The second kappa shape index (κ2) is 4.65. The summed E-state index contributed by atoms with van der Waals surface area (Å²) >= 11 is 0. The molecule has 7 heteroatoms. The highest BCUT2D eigenvalue weighted by molar-refractivity contribution is 7.89. The van der Waals surface area contributed by atoms with Crippen molar-refractivity contribution in [2.75, 3.05) is 19.8 Å². The molecule has 2 rings (SSSR count). The highest BCUT2D eigenvalue weighted by Gasteiger charge is 2.40. The summed E-state index contributed by atoms with van der Waals surface area (Å²) in [6.07, 6.45) is 1.41. The van der Waals surface area contributed by atoms with E-state index in [2.05, 4.69) is 4.98 Å². The van der Waals surface area contributed by atoms with E-state index in [0.717, 1.165) is 0 Å². The van der Waals surface area contributed by atoms with Gasteiger partial charge in [0.1, 0.15) is 0 Å². The van der Waals surface area contributed by atoms with Crippen molar-refractivity contribution in [1.29, 1.82) is 0 Å². The molecule has 2 heterocycles. The van der Waals surface area contributed by atoms with Crippen LogP contribution >= 0.6 is 0 Å². The maximum Gasteiger partial charge on any atom is 0.245 e. The van der Waals surface area contributed by atoms with E-state index in [9.17, 15) is 8.42 Å². The van der Waals surface area contributed by atoms with Gasteiger partial charge in [-0.3, -0.25) is 0 Å². The van der Waals surface area contributed by atoms with Crippen molar-refractivity contribution < 1.29 is 18.3 Å². The smallest absolute Gasteiger partial charge is 0.245 e. The summed E-state index contributed by atoms with van der Waals surface area (Å²) in [4.78, 5) is 2.92. The number of rotatable bonds is 3. The molecule has 0 unspecified atom stereocenters. The normalized spacial score (nSPS) is 21.1.